The molecule has 1 aromatic heterocycles. The van der Waals surface area contributed by atoms with Crippen LogP contribution in [0.25, 0.3) is 44.5 Å². The number of fused-ring (bicyclic) bond motifs is 2. The average molecular weight is 523 g/mol. The molecule has 3 heteroatoms. The molecule has 0 aliphatic carbocycles. The fourth-order valence-corrected chi connectivity index (χ4v) is 5.11. The second kappa shape index (κ2) is 10.2. The molecule has 3 nitrogen and oxygen atoms in total. The van der Waals surface area contributed by atoms with Crippen LogP contribution in [0, 0.1) is 0 Å². The number of benzene rings is 5. The number of nitrogens with zero attached hydrogens (tertiary/aromatic N) is 2. The van der Waals surface area contributed by atoms with E-state index in [1.807, 2.05) is 30.5 Å². The molecule has 0 radical (unpaired) electrons. The normalized spacial score (nSPS) is 12.2. The summed E-state index contributed by atoms with van der Waals surface area (Å²) in [5.41, 5.74) is 9.16. The molecule has 6 rings (SSSR count). The van der Waals surface area contributed by atoms with E-state index in [1.165, 1.54) is 21.9 Å². The van der Waals surface area contributed by atoms with Crippen LogP contribution in [0.1, 0.15) is 57.2 Å². The van der Waals surface area contributed by atoms with Gasteiger partial charge in [0.2, 0.25) is 5.89 Å². The zero-order valence-corrected chi connectivity index (χ0v) is 23.8. The fraction of sp³-hybridized carbons (Fsp3) is 0.189. The van der Waals surface area contributed by atoms with Gasteiger partial charge in [0.15, 0.2) is 5.58 Å². The number of hydrogen-bond donors (Lipinski definition) is 0. The van der Waals surface area contributed by atoms with Crippen LogP contribution in [-0.2, 0) is 5.41 Å². The largest absolute Gasteiger partial charge is 0.436 e. The average Bonchev–Trinajstić information content (AvgIpc) is 3.39. The minimum atomic E-state index is -0.0333. The number of aromatic nitrogens is 1. The summed E-state index contributed by atoms with van der Waals surface area (Å²) in [6.45, 7) is 11.1. The summed E-state index contributed by atoms with van der Waals surface area (Å²) >= 11 is 0. The Kier molecular flexibility index (Phi) is 6.59. The SMILES string of the molecule is CC(C)c1ccc(-c2cc(C(C)(C)C)cc3oc(-c4ccccc4N=Cc4cccc5ccccc45)nc23)cc1. The van der Waals surface area contributed by atoms with E-state index in [0.29, 0.717) is 11.8 Å². The molecule has 40 heavy (non-hydrogen) atoms. The van der Waals surface area contributed by atoms with Gasteiger partial charge in [-0.2, -0.15) is 0 Å². The van der Waals surface area contributed by atoms with Crippen LogP contribution in [0.15, 0.2) is 113 Å². The molecule has 0 unspecified atom stereocenters. The van der Waals surface area contributed by atoms with E-state index in [4.69, 9.17) is 14.4 Å². The van der Waals surface area contributed by atoms with E-state index in [9.17, 15) is 0 Å². The van der Waals surface area contributed by atoms with Crippen LogP contribution in [0.5, 0.6) is 0 Å². The van der Waals surface area contributed by atoms with Crippen LogP contribution < -0.4 is 0 Å². The summed E-state index contributed by atoms with van der Waals surface area (Å²) in [7, 11) is 0. The van der Waals surface area contributed by atoms with Gasteiger partial charge in [-0.05, 0) is 63.1 Å². The standard InChI is InChI=1S/C37H34N2O/c1-24(2)25-17-19-27(20-18-25)32-21-29(37(3,4)5)22-34-35(32)39-36(40-34)31-15-8-9-16-33(31)38-23-28-13-10-12-26-11-6-7-14-30(26)28/h6-24H,1-5H3. The zero-order chi connectivity index (χ0) is 27.9. The van der Waals surface area contributed by atoms with Crippen molar-refractivity contribution in [2.45, 2.75) is 46.0 Å². The van der Waals surface area contributed by atoms with E-state index < -0.39 is 0 Å². The van der Waals surface area contributed by atoms with Crippen molar-refractivity contribution in [3.8, 4) is 22.6 Å². The highest BCUT2D eigenvalue weighted by molar-refractivity contribution is 6.01. The molecule has 0 spiro atoms. The van der Waals surface area contributed by atoms with Crippen molar-refractivity contribution >= 4 is 33.8 Å². The number of aliphatic imine (C=N–C) groups is 1. The van der Waals surface area contributed by atoms with Gasteiger partial charge >= 0.3 is 0 Å². The Morgan fingerprint density at radius 3 is 2.27 bits per heavy atom. The van der Waals surface area contributed by atoms with Gasteiger partial charge < -0.3 is 4.42 Å². The van der Waals surface area contributed by atoms with Gasteiger partial charge in [0.25, 0.3) is 0 Å². The van der Waals surface area contributed by atoms with Gasteiger partial charge in [0.05, 0.1) is 11.3 Å². The fourth-order valence-electron chi connectivity index (χ4n) is 5.11. The van der Waals surface area contributed by atoms with Crippen molar-refractivity contribution in [1.82, 2.24) is 4.98 Å². The Labute approximate surface area is 236 Å². The van der Waals surface area contributed by atoms with Crippen molar-refractivity contribution < 1.29 is 4.42 Å². The first kappa shape index (κ1) is 25.8. The van der Waals surface area contributed by atoms with Gasteiger partial charge in [0, 0.05) is 17.3 Å². The van der Waals surface area contributed by atoms with Gasteiger partial charge in [-0.1, -0.05) is 113 Å². The lowest BCUT2D eigenvalue weighted by Gasteiger charge is -2.20. The molecular weight excluding hydrogens is 488 g/mol. The smallest absolute Gasteiger partial charge is 0.229 e. The third-order valence-corrected chi connectivity index (χ3v) is 7.55. The number of para-hydroxylation sites is 1. The molecule has 6 aromatic rings. The lowest BCUT2D eigenvalue weighted by molar-refractivity contribution is 0.584. The van der Waals surface area contributed by atoms with Gasteiger partial charge in [-0.15, -0.1) is 0 Å². The third kappa shape index (κ3) is 4.96. The molecule has 0 amide bonds. The topological polar surface area (TPSA) is 38.4 Å². The monoisotopic (exact) mass is 522 g/mol. The number of oxazole rings is 1. The maximum absolute atomic E-state index is 6.49. The van der Waals surface area contributed by atoms with E-state index in [2.05, 4.69) is 113 Å². The highest BCUT2D eigenvalue weighted by Crippen LogP contribution is 2.39. The lowest BCUT2D eigenvalue weighted by atomic mass is 9.85. The zero-order valence-electron chi connectivity index (χ0n) is 23.8. The second-order valence-electron chi connectivity index (χ2n) is 11.8. The minimum absolute atomic E-state index is 0.0333. The molecule has 0 aliphatic rings. The quantitative estimate of drug-likeness (QED) is 0.211. The van der Waals surface area contributed by atoms with Crippen molar-refractivity contribution in [2.75, 3.05) is 0 Å². The molecule has 0 fully saturated rings. The van der Waals surface area contributed by atoms with Crippen molar-refractivity contribution in [3.05, 3.63) is 120 Å². The predicted molar refractivity (Wildman–Crippen MR) is 169 cm³/mol. The molecule has 198 valence electrons. The first-order valence-electron chi connectivity index (χ1n) is 13.9. The van der Waals surface area contributed by atoms with E-state index in [-0.39, 0.29) is 5.41 Å². The molecule has 0 saturated carbocycles. The van der Waals surface area contributed by atoms with Crippen LogP contribution in [0.4, 0.5) is 5.69 Å². The molecule has 0 bridgehead atoms. The molecular formula is C37H34N2O. The maximum Gasteiger partial charge on any atom is 0.229 e. The Hall–Kier alpha value is -4.50. The molecule has 0 N–H and O–H groups in total. The van der Waals surface area contributed by atoms with Gasteiger partial charge in [-0.3, -0.25) is 4.99 Å². The molecule has 1 heterocycles. The minimum Gasteiger partial charge on any atom is -0.436 e. The van der Waals surface area contributed by atoms with Crippen LogP contribution in [0.2, 0.25) is 0 Å². The Balaban J connectivity index is 1.47. The van der Waals surface area contributed by atoms with E-state index in [0.717, 1.165) is 39.0 Å². The van der Waals surface area contributed by atoms with Crippen LogP contribution in [0.3, 0.4) is 0 Å². The van der Waals surface area contributed by atoms with Crippen LogP contribution in [-0.4, -0.2) is 11.2 Å². The summed E-state index contributed by atoms with van der Waals surface area (Å²) in [5.74, 6) is 1.06. The van der Waals surface area contributed by atoms with Gasteiger partial charge in [-0.25, -0.2) is 4.98 Å². The molecule has 0 aliphatic heterocycles. The summed E-state index contributed by atoms with van der Waals surface area (Å²) in [6.07, 6.45) is 1.93. The number of rotatable bonds is 5. The molecule has 0 atom stereocenters. The van der Waals surface area contributed by atoms with E-state index in [1.54, 1.807) is 0 Å². The lowest BCUT2D eigenvalue weighted by Crippen LogP contribution is -2.11. The Bertz CT molecular complexity index is 1850. The van der Waals surface area contributed by atoms with Crippen LogP contribution >= 0.6 is 0 Å². The highest BCUT2D eigenvalue weighted by atomic mass is 16.3. The third-order valence-electron chi connectivity index (χ3n) is 7.55. The first-order chi connectivity index (χ1) is 19.3. The van der Waals surface area contributed by atoms with E-state index >= 15 is 0 Å². The first-order valence-corrected chi connectivity index (χ1v) is 13.9. The predicted octanol–water partition coefficient (Wildman–Crippen LogP) is 10.5. The Morgan fingerprint density at radius 2 is 1.50 bits per heavy atom. The van der Waals surface area contributed by atoms with Crippen molar-refractivity contribution in [2.24, 2.45) is 4.99 Å². The number of hydrogen-bond acceptors (Lipinski definition) is 3. The summed E-state index contributed by atoms with van der Waals surface area (Å²) in [6, 6.07) is 36.0. The Morgan fingerprint density at radius 1 is 0.775 bits per heavy atom. The summed E-state index contributed by atoms with van der Waals surface area (Å²) in [5, 5.41) is 2.37. The summed E-state index contributed by atoms with van der Waals surface area (Å²) in [4.78, 5) is 9.98. The summed E-state index contributed by atoms with van der Waals surface area (Å²) < 4.78 is 6.49. The maximum atomic E-state index is 6.49. The van der Waals surface area contributed by atoms with Gasteiger partial charge in [0.1, 0.15) is 5.52 Å². The molecule has 0 saturated heterocycles. The molecule has 5 aromatic carbocycles. The second-order valence-corrected chi connectivity index (χ2v) is 11.8. The van der Waals surface area contributed by atoms with Crippen molar-refractivity contribution in [3.63, 3.8) is 0 Å². The van der Waals surface area contributed by atoms with Crippen molar-refractivity contribution in [1.29, 1.82) is 0 Å². The highest BCUT2D eigenvalue weighted by Gasteiger charge is 2.21.